The fourth-order valence-corrected chi connectivity index (χ4v) is 1.30. The molecule has 1 aromatic carbocycles. The molecule has 0 aliphatic rings. The highest BCUT2D eigenvalue weighted by Gasteiger charge is 2.09. The number of aryl methyl sites for hydroxylation is 1. The van der Waals surface area contributed by atoms with Gasteiger partial charge < -0.3 is 9.84 Å². The molecular weight excluding hydrogens is 170 g/mol. The smallest absolute Gasteiger partial charge is 0.150 e. The standard InChI is InChI=1S/C8H9N3O2/c1-11-8-6(9-10-11)3-5(12)4-7(8)13-2/h3-4,12H,1-2H3. The van der Waals surface area contributed by atoms with Gasteiger partial charge in [0.25, 0.3) is 0 Å². The van der Waals surface area contributed by atoms with Crippen LogP contribution in [-0.2, 0) is 7.05 Å². The molecule has 68 valence electrons. The number of aromatic nitrogens is 3. The van der Waals surface area contributed by atoms with Crippen molar-refractivity contribution in [2.45, 2.75) is 0 Å². The van der Waals surface area contributed by atoms with Crippen LogP contribution in [0.15, 0.2) is 12.1 Å². The van der Waals surface area contributed by atoms with Crippen LogP contribution in [0.25, 0.3) is 11.0 Å². The first-order chi connectivity index (χ1) is 6.22. The van der Waals surface area contributed by atoms with E-state index < -0.39 is 0 Å². The van der Waals surface area contributed by atoms with Gasteiger partial charge in [0, 0.05) is 19.2 Å². The second-order valence-electron chi connectivity index (χ2n) is 2.73. The van der Waals surface area contributed by atoms with Crippen LogP contribution >= 0.6 is 0 Å². The minimum Gasteiger partial charge on any atom is -0.508 e. The lowest BCUT2D eigenvalue weighted by Gasteiger charge is -2.02. The minimum atomic E-state index is 0.129. The van der Waals surface area contributed by atoms with Gasteiger partial charge in [-0.15, -0.1) is 5.10 Å². The van der Waals surface area contributed by atoms with Crippen LogP contribution in [0.1, 0.15) is 0 Å². The van der Waals surface area contributed by atoms with E-state index in [1.54, 1.807) is 24.9 Å². The van der Waals surface area contributed by atoms with Gasteiger partial charge in [-0.3, -0.25) is 0 Å². The van der Waals surface area contributed by atoms with E-state index in [2.05, 4.69) is 10.3 Å². The van der Waals surface area contributed by atoms with Gasteiger partial charge in [-0.2, -0.15) is 0 Å². The number of hydrogen-bond acceptors (Lipinski definition) is 4. The lowest BCUT2D eigenvalue weighted by molar-refractivity contribution is 0.410. The fraction of sp³-hybridized carbons (Fsp3) is 0.250. The predicted octanol–water partition coefficient (Wildman–Crippen LogP) is 0.682. The molecule has 1 heterocycles. The molecule has 5 nitrogen and oxygen atoms in total. The number of methoxy groups -OCH3 is 1. The minimum absolute atomic E-state index is 0.129. The zero-order valence-corrected chi connectivity index (χ0v) is 7.35. The summed E-state index contributed by atoms with van der Waals surface area (Å²) < 4.78 is 6.69. The van der Waals surface area contributed by atoms with Gasteiger partial charge in [0.1, 0.15) is 22.5 Å². The quantitative estimate of drug-likeness (QED) is 0.699. The lowest BCUT2D eigenvalue weighted by atomic mass is 10.2. The number of phenols is 1. The van der Waals surface area contributed by atoms with E-state index in [9.17, 15) is 5.11 Å². The molecule has 0 radical (unpaired) electrons. The number of hydrogen-bond donors (Lipinski definition) is 1. The summed E-state index contributed by atoms with van der Waals surface area (Å²) in [5.41, 5.74) is 1.40. The Kier molecular flexibility index (Phi) is 1.58. The van der Waals surface area contributed by atoms with Crippen molar-refractivity contribution in [1.82, 2.24) is 15.0 Å². The van der Waals surface area contributed by atoms with E-state index in [4.69, 9.17) is 4.74 Å². The second-order valence-corrected chi connectivity index (χ2v) is 2.73. The van der Waals surface area contributed by atoms with Gasteiger partial charge in [-0.05, 0) is 0 Å². The van der Waals surface area contributed by atoms with E-state index in [1.807, 2.05) is 0 Å². The zero-order chi connectivity index (χ0) is 9.42. The van der Waals surface area contributed by atoms with E-state index in [0.29, 0.717) is 11.3 Å². The maximum Gasteiger partial charge on any atom is 0.150 e. The molecule has 0 saturated heterocycles. The highest BCUT2D eigenvalue weighted by atomic mass is 16.5. The SMILES string of the molecule is COc1cc(O)cc2nnn(C)c12. The Morgan fingerprint density at radius 3 is 2.92 bits per heavy atom. The van der Waals surface area contributed by atoms with Gasteiger partial charge >= 0.3 is 0 Å². The van der Waals surface area contributed by atoms with Gasteiger partial charge in [0.15, 0.2) is 0 Å². The van der Waals surface area contributed by atoms with Crippen molar-refractivity contribution >= 4 is 11.0 Å². The number of phenolic OH excluding ortho intramolecular Hbond substituents is 1. The summed E-state index contributed by atoms with van der Waals surface area (Å²) in [5, 5.41) is 17.0. The number of ether oxygens (including phenoxy) is 1. The lowest BCUT2D eigenvalue weighted by Crippen LogP contribution is -1.92. The number of nitrogens with zero attached hydrogens (tertiary/aromatic N) is 3. The first-order valence-corrected chi connectivity index (χ1v) is 3.79. The van der Waals surface area contributed by atoms with Crippen molar-refractivity contribution in [3.05, 3.63) is 12.1 Å². The second kappa shape index (κ2) is 2.62. The van der Waals surface area contributed by atoms with Crippen molar-refractivity contribution in [2.24, 2.45) is 7.05 Å². The van der Waals surface area contributed by atoms with Crippen molar-refractivity contribution in [3.8, 4) is 11.5 Å². The molecule has 0 fully saturated rings. The third-order valence-electron chi connectivity index (χ3n) is 1.87. The monoisotopic (exact) mass is 179 g/mol. The molecule has 0 atom stereocenters. The molecule has 2 aromatic rings. The predicted molar refractivity (Wildman–Crippen MR) is 46.7 cm³/mol. The van der Waals surface area contributed by atoms with Crippen LogP contribution in [-0.4, -0.2) is 27.2 Å². The Hall–Kier alpha value is -1.78. The molecule has 1 aromatic heterocycles. The zero-order valence-electron chi connectivity index (χ0n) is 7.35. The third-order valence-corrected chi connectivity index (χ3v) is 1.87. The summed E-state index contributed by atoms with van der Waals surface area (Å²) in [7, 11) is 3.32. The molecule has 2 rings (SSSR count). The number of benzene rings is 1. The molecule has 5 heteroatoms. The maximum absolute atomic E-state index is 9.29. The fourth-order valence-electron chi connectivity index (χ4n) is 1.30. The average molecular weight is 179 g/mol. The Bertz CT molecular complexity index is 450. The van der Waals surface area contributed by atoms with E-state index in [0.717, 1.165) is 5.52 Å². The van der Waals surface area contributed by atoms with Crippen LogP contribution < -0.4 is 4.74 Å². The highest BCUT2D eigenvalue weighted by Crippen LogP contribution is 2.28. The van der Waals surface area contributed by atoms with Crippen LogP contribution in [0.2, 0.25) is 0 Å². The molecule has 13 heavy (non-hydrogen) atoms. The van der Waals surface area contributed by atoms with E-state index in [-0.39, 0.29) is 5.75 Å². The Morgan fingerprint density at radius 1 is 1.46 bits per heavy atom. The van der Waals surface area contributed by atoms with E-state index >= 15 is 0 Å². The number of aromatic hydroxyl groups is 1. The molecule has 0 aliphatic heterocycles. The van der Waals surface area contributed by atoms with Gasteiger partial charge in [-0.25, -0.2) is 4.68 Å². The first kappa shape index (κ1) is 7.85. The van der Waals surface area contributed by atoms with Crippen LogP contribution in [0.4, 0.5) is 0 Å². The van der Waals surface area contributed by atoms with Crippen molar-refractivity contribution in [1.29, 1.82) is 0 Å². The highest BCUT2D eigenvalue weighted by molar-refractivity contribution is 5.82. The molecular formula is C8H9N3O2. The Labute approximate surface area is 74.5 Å². The molecule has 0 unspecified atom stereocenters. The molecule has 0 bridgehead atoms. The summed E-state index contributed by atoms with van der Waals surface area (Å²) >= 11 is 0. The van der Waals surface area contributed by atoms with Crippen LogP contribution in [0, 0.1) is 0 Å². The van der Waals surface area contributed by atoms with Crippen molar-refractivity contribution < 1.29 is 9.84 Å². The third kappa shape index (κ3) is 1.09. The summed E-state index contributed by atoms with van der Waals surface area (Å²) in [5.74, 6) is 0.701. The van der Waals surface area contributed by atoms with Crippen LogP contribution in [0.5, 0.6) is 11.5 Å². The Morgan fingerprint density at radius 2 is 2.23 bits per heavy atom. The normalized spacial score (nSPS) is 10.6. The van der Waals surface area contributed by atoms with Crippen LogP contribution in [0.3, 0.4) is 0 Å². The molecule has 0 spiro atoms. The van der Waals surface area contributed by atoms with Gasteiger partial charge in [0.05, 0.1) is 7.11 Å². The molecule has 0 amide bonds. The number of rotatable bonds is 1. The van der Waals surface area contributed by atoms with Gasteiger partial charge in [0.2, 0.25) is 0 Å². The number of fused-ring (bicyclic) bond motifs is 1. The molecule has 1 N–H and O–H groups in total. The Balaban J connectivity index is 2.85. The first-order valence-electron chi connectivity index (χ1n) is 3.79. The molecule has 0 saturated carbocycles. The van der Waals surface area contributed by atoms with Crippen molar-refractivity contribution in [3.63, 3.8) is 0 Å². The topological polar surface area (TPSA) is 60.2 Å². The van der Waals surface area contributed by atoms with Gasteiger partial charge in [-0.1, -0.05) is 5.21 Å². The van der Waals surface area contributed by atoms with Crippen molar-refractivity contribution in [2.75, 3.05) is 7.11 Å². The summed E-state index contributed by atoms with van der Waals surface area (Å²) in [6.07, 6.45) is 0. The van der Waals surface area contributed by atoms with E-state index in [1.165, 1.54) is 6.07 Å². The summed E-state index contributed by atoms with van der Waals surface area (Å²) in [6.45, 7) is 0. The average Bonchev–Trinajstić information content (AvgIpc) is 2.46. The largest absolute Gasteiger partial charge is 0.508 e. The molecule has 0 aliphatic carbocycles. The maximum atomic E-state index is 9.29. The summed E-state index contributed by atoms with van der Waals surface area (Å²) in [4.78, 5) is 0. The summed E-state index contributed by atoms with van der Waals surface area (Å²) in [6, 6.07) is 3.08.